The van der Waals surface area contributed by atoms with Crippen LogP contribution >= 0.6 is 0 Å². The molecule has 2 N–H and O–H groups in total. The second-order valence-corrected chi connectivity index (χ2v) is 2.51. The fraction of sp³-hybridized carbons (Fsp3) is 0.222. The molecule has 0 heterocycles. The summed E-state index contributed by atoms with van der Waals surface area (Å²) >= 11 is 0. The highest BCUT2D eigenvalue weighted by Gasteiger charge is 2.17. The molecule has 5 heteroatoms. The average molecular weight is 198 g/mol. The number of aromatic hydroxyl groups is 2. The maximum atomic E-state index is 10.6. The van der Waals surface area contributed by atoms with E-state index in [-0.39, 0.29) is 28.6 Å². The molecule has 0 radical (unpaired) electrons. The van der Waals surface area contributed by atoms with Gasteiger partial charge in [0.15, 0.2) is 29.3 Å². The Morgan fingerprint density at radius 3 is 2.36 bits per heavy atom. The molecule has 14 heavy (non-hydrogen) atoms. The van der Waals surface area contributed by atoms with E-state index in [9.17, 15) is 15.0 Å². The Morgan fingerprint density at radius 2 is 1.93 bits per heavy atom. The molecule has 0 atom stereocenters. The number of hydrogen-bond acceptors (Lipinski definition) is 5. The minimum absolute atomic E-state index is 0.0189. The van der Waals surface area contributed by atoms with Gasteiger partial charge in [-0.25, -0.2) is 0 Å². The number of ether oxygens (including phenoxy) is 2. The van der Waals surface area contributed by atoms with Crippen LogP contribution in [0.5, 0.6) is 23.0 Å². The summed E-state index contributed by atoms with van der Waals surface area (Å²) in [6.45, 7) is 0. The van der Waals surface area contributed by atoms with E-state index >= 15 is 0 Å². The van der Waals surface area contributed by atoms with Crippen molar-refractivity contribution in [2.24, 2.45) is 0 Å². The maximum Gasteiger partial charge on any atom is 0.175 e. The Hall–Kier alpha value is -1.91. The van der Waals surface area contributed by atoms with Crippen LogP contribution in [0.25, 0.3) is 0 Å². The highest BCUT2D eigenvalue weighted by atomic mass is 16.5. The van der Waals surface area contributed by atoms with Gasteiger partial charge in [0, 0.05) is 6.07 Å². The fourth-order valence-electron chi connectivity index (χ4n) is 1.12. The van der Waals surface area contributed by atoms with Crippen molar-refractivity contribution in [1.29, 1.82) is 0 Å². The van der Waals surface area contributed by atoms with Crippen molar-refractivity contribution in [3.63, 3.8) is 0 Å². The first-order valence-corrected chi connectivity index (χ1v) is 3.77. The summed E-state index contributed by atoms with van der Waals surface area (Å²) in [6, 6.07) is 1.17. The van der Waals surface area contributed by atoms with Crippen LogP contribution in [0.3, 0.4) is 0 Å². The predicted octanol–water partition coefficient (Wildman–Crippen LogP) is 0.927. The molecule has 5 nitrogen and oxygen atoms in total. The molecule has 0 aliphatic carbocycles. The van der Waals surface area contributed by atoms with Gasteiger partial charge in [0.2, 0.25) is 0 Å². The summed E-state index contributed by atoms with van der Waals surface area (Å²) in [5, 5.41) is 18.9. The lowest BCUT2D eigenvalue weighted by molar-refractivity contribution is 0.111. The number of carbonyl (C=O) groups is 1. The number of phenols is 2. The van der Waals surface area contributed by atoms with Gasteiger partial charge in [-0.05, 0) is 0 Å². The first kappa shape index (κ1) is 10.2. The quantitative estimate of drug-likeness (QED) is 0.558. The first-order chi connectivity index (χ1) is 6.65. The van der Waals surface area contributed by atoms with Gasteiger partial charge >= 0.3 is 0 Å². The fourth-order valence-corrected chi connectivity index (χ4v) is 1.12. The molecule has 0 unspecified atom stereocenters. The van der Waals surface area contributed by atoms with Crippen LogP contribution in [0, 0.1) is 0 Å². The van der Waals surface area contributed by atoms with E-state index in [0.29, 0.717) is 6.29 Å². The second-order valence-electron chi connectivity index (χ2n) is 2.51. The van der Waals surface area contributed by atoms with Crippen molar-refractivity contribution in [2.75, 3.05) is 14.2 Å². The van der Waals surface area contributed by atoms with Gasteiger partial charge in [-0.3, -0.25) is 4.79 Å². The lowest BCUT2D eigenvalue weighted by Crippen LogP contribution is -1.94. The number of aldehydes is 1. The van der Waals surface area contributed by atoms with E-state index in [1.165, 1.54) is 20.3 Å². The monoisotopic (exact) mass is 198 g/mol. The van der Waals surface area contributed by atoms with E-state index in [1.807, 2.05) is 0 Å². The highest BCUT2D eigenvalue weighted by molar-refractivity contribution is 5.87. The van der Waals surface area contributed by atoms with E-state index in [2.05, 4.69) is 0 Å². The van der Waals surface area contributed by atoms with Crippen LogP contribution in [0.2, 0.25) is 0 Å². The minimum atomic E-state index is -0.350. The van der Waals surface area contributed by atoms with Gasteiger partial charge in [-0.1, -0.05) is 0 Å². The molecule has 1 rings (SSSR count). The van der Waals surface area contributed by atoms with Crippen molar-refractivity contribution >= 4 is 6.29 Å². The van der Waals surface area contributed by atoms with E-state index in [4.69, 9.17) is 9.47 Å². The Labute approximate surface area is 80.5 Å². The third-order valence-corrected chi connectivity index (χ3v) is 1.78. The van der Waals surface area contributed by atoms with Gasteiger partial charge in [-0.15, -0.1) is 0 Å². The van der Waals surface area contributed by atoms with E-state index in [1.54, 1.807) is 0 Å². The van der Waals surface area contributed by atoms with E-state index in [0.717, 1.165) is 0 Å². The molecule has 0 aliphatic rings. The summed E-state index contributed by atoms with van der Waals surface area (Å²) in [6.07, 6.45) is 0.385. The number of methoxy groups -OCH3 is 2. The van der Waals surface area contributed by atoms with Crippen molar-refractivity contribution in [3.8, 4) is 23.0 Å². The number of hydrogen-bond donors (Lipinski definition) is 2. The maximum absolute atomic E-state index is 10.6. The average Bonchev–Trinajstić information content (AvgIpc) is 2.20. The summed E-state index contributed by atoms with van der Waals surface area (Å²) in [7, 11) is 2.60. The van der Waals surface area contributed by atoms with Crippen LogP contribution in [-0.2, 0) is 0 Å². The molecule has 1 aromatic rings. The number of benzene rings is 1. The number of phenolic OH excluding ortho intramolecular Hbond substituents is 2. The van der Waals surface area contributed by atoms with Gasteiger partial charge < -0.3 is 19.7 Å². The van der Waals surface area contributed by atoms with Crippen molar-refractivity contribution in [2.45, 2.75) is 0 Å². The van der Waals surface area contributed by atoms with Gasteiger partial charge in [0.25, 0.3) is 0 Å². The molecule has 0 aliphatic heterocycles. The van der Waals surface area contributed by atoms with Crippen molar-refractivity contribution in [1.82, 2.24) is 0 Å². The lowest BCUT2D eigenvalue weighted by atomic mass is 10.1. The largest absolute Gasteiger partial charge is 0.504 e. The Bertz CT molecular complexity index is 359. The van der Waals surface area contributed by atoms with Crippen LogP contribution in [0.15, 0.2) is 6.07 Å². The second kappa shape index (κ2) is 3.87. The van der Waals surface area contributed by atoms with Crippen LogP contribution in [0.1, 0.15) is 10.4 Å². The third kappa shape index (κ3) is 1.44. The zero-order valence-electron chi connectivity index (χ0n) is 7.77. The van der Waals surface area contributed by atoms with Crippen LogP contribution in [0.4, 0.5) is 0 Å². The number of rotatable bonds is 3. The summed E-state index contributed by atoms with van der Waals surface area (Å²) in [5.74, 6) is -0.662. The van der Waals surface area contributed by atoms with Gasteiger partial charge in [0.05, 0.1) is 14.2 Å². The molecule has 76 valence electrons. The molecular formula is C9H10O5. The van der Waals surface area contributed by atoms with Crippen molar-refractivity contribution in [3.05, 3.63) is 11.6 Å². The van der Waals surface area contributed by atoms with Crippen LogP contribution < -0.4 is 9.47 Å². The normalized spacial score (nSPS) is 9.57. The molecule has 0 saturated heterocycles. The Morgan fingerprint density at radius 1 is 1.29 bits per heavy atom. The van der Waals surface area contributed by atoms with Crippen molar-refractivity contribution < 1.29 is 24.5 Å². The molecule has 0 fully saturated rings. The standard InChI is InChI=1S/C9H10O5/c1-13-7-3-6(11)9(14-2)5(4-10)8(7)12/h3-4,11-12H,1-2H3. The molecule has 0 amide bonds. The predicted molar refractivity (Wildman–Crippen MR) is 48.3 cm³/mol. The van der Waals surface area contributed by atoms with E-state index < -0.39 is 0 Å². The smallest absolute Gasteiger partial charge is 0.175 e. The topological polar surface area (TPSA) is 76.0 Å². The molecule has 0 aromatic heterocycles. The molecule has 0 bridgehead atoms. The minimum Gasteiger partial charge on any atom is -0.504 e. The third-order valence-electron chi connectivity index (χ3n) is 1.78. The zero-order valence-corrected chi connectivity index (χ0v) is 7.77. The molecule has 0 spiro atoms. The number of carbonyl (C=O) groups excluding carboxylic acids is 1. The SMILES string of the molecule is COc1cc(O)c(OC)c(C=O)c1O. The molecular weight excluding hydrogens is 188 g/mol. The highest BCUT2D eigenvalue weighted by Crippen LogP contribution is 2.41. The summed E-state index contributed by atoms with van der Waals surface area (Å²) < 4.78 is 9.49. The first-order valence-electron chi connectivity index (χ1n) is 3.77. The van der Waals surface area contributed by atoms with Gasteiger partial charge in [0.1, 0.15) is 5.56 Å². The zero-order chi connectivity index (χ0) is 10.7. The Kier molecular flexibility index (Phi) is 2.81. The Balaban J connectivity index is 3.47. The molecule has 1 aromatic carbocycles. The summed E-state index contributed by atoms with van der Waals surface area (Å²) in [5.41, 5.74) is -0.135. The van der Waals surface area contributed by atoms with Gasteiger partial charge in [-0.2, -0.15) is 0 Å². The molecule has 0 saturated carbocycles. The summed E-state index contributed by atoms with van der Waals surface area (Å²) in [4.78, 5) is 10.6. The van der Waals surface area contributed by atoms with Crippen LogP contribution in [-0.4, -0.2) is 30.7 Å². The lowest BCUT2D eigenvalue weighted by Gasteiger charge is -2.10.